The molecule has 9 heteroatoms. The molecule has 0 radical (unpaired) electrons. The number of aromatic hydroxyl groups is 1. The van der Waals surface area contributed by atoms with E-state index in [4.69, 9.17) is 18.9 Å². The number of rotatable bonds is 4. The summed E-state index contributed by atoms with van der Waals surface area (Å²) in [6.07, 6.45) is -0.272. The molecule has 2 unspecified atom stereocenters. The first-order chi connectivity index (χ1) is 15.0. The van der Waals surface area contributed by atoms with Crippen molar-refractivity contribution in [2.75, 3.05) is 7.11 Å². The Bertz CT molecular complexity index is 1050. The molecule has 0 spiro atoms. The molecule has 2 saturated heterocycles. The average Bonchev–Trinajstić information content (AvgIpc) is 3.15. The molecule has 32 heavy (non-hydrogen) atoms. The summed E-state index contributed by atoms with van der Waals surface area (Å²) in [5, 5.41) is 42.8. The summed E-state index contributed by atoms with van der Waals surface area (Å²) in [4.78, 5) is 13.4. The van der Waals surface area contributed by atoms with Gasteiger partial charge in [0.05, 0.1) is 11.2 Å². The number of methoxy groups -OCH3 is 1. The lowest BCUT2D eigenvalue weighted by atomic mass is 9.77. The second kappa shape index (κ2) is 6.95. The van der Waals surface area contributed by atoms with E-state index in [0.717, 1.165) is 0 Å². The number of ketones is 1. The number of carbonyl (C=O) groups excluding carboxylic acids is 1. The number of aliphatic hydroxyl groups is 3. The number of hydrogen-bond acceptors (Lipinski definition) is 9. The molecule has 4 aliphatic rings. The Hall–Kier alpha value is -2.59. The molecule has 5 atom stereocenters. The molecule has 0 aromatic heterocycles. The van der Waals surface area contributed by atoms with Crippen molar-refractivity contribution in [1.29, 1.82) is 0 Å². The first-order valence-corrected chi connectivity index (χ1v) is 10.5. The standard InChI is InChI=1S/C23H26O9/c1-22(2,27)7-6-10-4-5-11(24)15-18(25)16-12(30-20(10)15)8-13-17(19(16)26)23(28)9-14(29-3)32-21(23)31-13/h4-5,8,12,14,16,21,24,26-28H,6-7,9H2,1-3H3/t12?,14-,16?,21+,23-/m1/s1. The largest absolute Gasteiger partial charge is 0.511 e. The number of fused-ring (bicyclic) bond motifs is 5. The molecule has 0 saturated carbocycles. The third-order valence-corrected chi connectivity index (χ3v) is 6.52. The molecule has 0 bridgehead atoms. The second-order valence-corrected chi connectivity index (χ2v) is 9.36. The molecule has 5 rings (SSSR count). The van der Waals surface area contributed by atoms with E-state index in [2.05, 4.69) is 0 Å². The smallest absolute Gasteiger partial charge is 0.235 e. The van der Waals surface area contributed by atoms with Gasteiger partial charge in [-0.3, -0.25) is 4.79 Å². The van der Waals surface area contributed by atoms with Gasteiger partial charge in [0.2, 0.25) is 6.29 Å². The number of ether oxygens (including phenoxy) is 4. The van der Waals surface area contributed by atoms with Crippen molar-refractivity contribution in [2.45, 2.75) is 63.0 Å². The van der Waals surface area contributed by atoms with Crippen LogP contribution in [0.4, 0.5) is 0 Å². The molecule has 4 N–H and O–H groups in total. The Morgan fingerprint density at radius 2 is 2.00 bits per heavy atom. The van der Waals surface area contributed by atoms with Gasteiger partial charge in [0, 0.05) is 13.5 Å². The van der Waals surface area contributed by atoms with Gasteiger partial charge in [-0.05, 0) is 44.4 Å². The fraction of sp³-hybridized carbons (Fsp3) is 0.522. The van der Waals surface area contributed by atoms with E-state index in [0.29, 0.717) is 18.4 Å². The highest BCUT2D eigenvalue weighted by Gasteiger charge is 2.62. The van der Waals surface area contributed by atoms with Gasteiger partial charge in [0.25, 0.3) is 0 Å². The first-order valence-electron chi connectivity index (χ1n) is 10.5. The van der Waals surface area contributed by atoms with Gasteiger partial charge in [-0.1, -0.05) is 6.07 Å². The molecule has 3 aliphatic heterocycles. The van der Waals surface area contributed by atoms with Crippen molar-refractivity contribution in [2.24, 2.45) is 5.92 Å². The van der Waals surface area contributed by atoms with Crippen molar-refractivity contribution in [3.05, 3.63) is 46.4 Å². The number of aryl methyl sites for hydroxylation is 1. The van der Waals surface area contributed by atoms with Crippen molar-refractivity contribution >= 4 is 5.78 Å². The van der Waals surface area contributed by atoms with Crippen molar-refractivity contribution < 1.29 is 44.2 Å². The van der Waals surface area contributed by atoms with Gasteiger partial charge in [0.1, 0.15) is 40.6 Å². The van der Waals surface area contributed by atoms with Crippen molar-refractivity contribution in [3.63, 3.8) is 0 Å². The van der Waals surface area contributed by atoms with Crippen LogP contribution >= 0.6 is 0 Å². The van der Waals surface area contributed by atoms with Crippen molar-refractivity contribution in [1.82, 2.24) is 0 Å². The number of phenols is 1. The van der Waals surface area contributed by atoms with Gasteiger partial charge in [-0.2, -0.15) is 0 Å². The highest BCUT2D eigenvalue weighted by Crippen LogP contribution is 2.53. The maximum absolute atomic E-state index is 13.4. The lowest BCUT2D eigenvalue weighted by molar-refractivity contribution is -0.191. The van der Waals surface area contributed by atoms with E-state index < -0.39 is 41.6 Å². The lowest BCUT2D eigenvalue weighted by Crippen LogP contribution is -2.43. The molecule has 1 aromatic carbocycles. The molecule has 1 aromatic rings. The van der Waals surface area contributed by atoms with E-state index in [1.165, 1.54) is 13.2 Å². The van der Waals surface area contributed by atoms with Crippen LogP contribution in [0.25, 0.3) is 0 Å². The Morgan fingerprint density at radius 3 is 2.69 bits per heavy atom. The van der Waals surface area contributed by atoms with E-state index in [9.17, 15) is 25.2 Å². The maximum atomic E-state index is 13.4. The summed E-state index contributed by atoms with van der Waals surface area (Å²) < 4.78 is 22.5. The summed E-state index contributed by atoms with van der Waals surface area (Å²) in [7, 11) is 1.44. The number of hydrogen-bond donors (Lipinski definition) is 4. The predicted molar refractivity (Wildman–Crippen MR) is 109 cm³/mol. The maximum Gasteiger partial charge on any atom is 0.235 e. The zero-order valence-electron chi connectivity index (χ0n) is 18.0. The topological polar surface area (TPSA) is 135 Å². The Labute approximate surface area is 184 Å². The van der Waals surface area contributed by atoms with Crippen LogP contribution in [-0.2, 0) is 20.6 Å². The highest BCUT2D eigenvalue weighted by atomic mass is 16.8. The van der Waals surface area contributed by atoms with E-state index in [-0.39, 0.29) is 40.6 Å². The minimum absolute atomic E-state index is 0.0246. The molecule has 3 heterocycles. The number of carbonyl (C=O) groups is 1. The predicted octanol–water partition coefficient (Wildman–Crippen LogP) is 1.85. The first kappa shape index (κ1) is 21.3. The monoisotopic (exact) mass is 446 g/mol. The second-order valence-electron chi connectivity index (χ2n) is 9.36. The third kappa shape index (κ3) is 3.03. The molecule has 2 fully saturated rings. The lowest BCUT2D eigenvalue weighted by Gasteiger charge is -2.36. The minimum atomic E-state index is -1.67. The molecule has 172 valence electrons. The molecular formula is C23H26O9. The Balaban J connectivity index is 1.55. The SMILES string of the molecule is CO[C@H]1C[C@@]2(O)C3=C(O)C4C(=O)c5c(O)ccc(CCC(C)(C)O)c5OC4C=C3O[C@H]2O1. The summed E-state index contributed by atoms with van der Waals surface area (Å²) in [6.45, 7) is 3.38. The van der Waals surface area contributed by atoms with Gasteiger partial charge in [0.15, 0.2) is 17.7 Å². The minimum Gasteiger partial charge on any atom is -0.511 e. The fourth-order valence-electron chi connectivity index (χ4n) is 4.84. The van der Waals surface area contributed by atoms with Gasteiger partial charge in [-0.15, -0.1) is 0 Å². The van der Waals surface area contributed by atoms with Crippen LogP contribution in [0.1, 0.15) is 42.6 Å². The van der Waals surface area contributed by atoms with Crippen LogP contribution in [0.5, 0.6) is 11.5 Å². The zero-order valence-corrected chi connectivity index (χ0v) is 18.0. The van der Waals surface area contributed by atoms with Gasteiger partial charge in [-0.25, -0.2) is 0 Å². The van der Waals surface area contributed by atoms with Gasteiger partial charge >= 0.3 is 0 Å². The molecule has 0 amide bonds. The van der Waals surface area contributed by atoms with Crippen LogP contribution in [0.2, 0.25) is 0 Å². The Morgan fingerprint density at radius 1 is 1.25 bits per heavy atom. The summed E-state index contributed by atoms with van der Waals surface area (Å²) in [5.74, 6) is -1.87. The van der Waals surface area contributed by atoms with Crippen LogP contribution in [0.15, 0.2) is 35.3 Å². The average molecular weight is 446 g/mol. The van der Waals surface area contributed by atoms with E-state index in [1.54, 1.807) is 26.0 Å². The summed E-state index contributed by atoms with van der Waals surface area (Å²) >= 11 is 0. The zero-order chi connectivity index (χ0) is 23.0. The summed E-state index contributed by atoms with van der Waals surface area (Å²) in [5.41, 5.74) is -1.86. The normalized spacial score (nSPS) is 33.0. The molecular weight excluding hydrogens is 420 g/mol. The fourth-order valence-corrected chi connectivity index (χ4v) is 4.84. The van der Waals surface area contributed by atoms with E-state index in [1.807, 2.05) is 0 Å². The highest BCUT2D eigenvalue weighted by molar-refractivity contribution is 6.06. The van der Waals surface area contributed by atoms with Gasteiger partial charge < -0.3 is 39.4 Å². The van der Waals surface area contributed by atoms with E-state index >= 15 is 0 Å². The van der Waals surface area contributed by atoms with Crippen LogP contribution < -0.4 is 4.74 Å². The van der Waals surface area contributed by atoms with Crippen LogP contribution in [-0.4, -0.2) is 63.2 Å². The third-order valence-electron chi connectivity index (χ3n) is 6.52. The summed E-state index contributed by atoms with van der Waals surface area (Å²) in [6, 6.07) is 3.06. The Kier molecular flexibility index (Phi) is 4.62. The molecule has 1 aliphatic carbocycles. The van der Waals surface area contributed by atoms with Crippen LogP contribution in [0.3, 0.4) is 0 Å². The number of phenolic OH excluding ortho intramolecular Hbond substituents is 1. The quantitative estimate of drug-likeness (QED) is 0.546. The number of Topliss-reactive ketones (excluding diaryl/α,β-unsaturated/α-hetero) is 1. The van der Waals surface area contributed by atoms with Crippen molar-refractivity contribution in [3.8, 4) is 11.5 Å². The number of benzene rings is 1. The number of aliphatic hydroxyl groups excluding tert-OH is 1. The van der Waals surface area contributed by atoms with Crippen LogP contribution in [0, 0.1) is 5.92 Å². The molecule has 9 nitrogen and oxygen atoms in total.